The summed E-state index contributed by atoms with van der Waals surface area (Å²) in [6, 6.07) is 9.52. The zero-order valence-corrected chi connectivity index (χ0v) is 21.1. The zero-order valence-electron chi connectivity index (χ0n) is 19.6. The Morgan fingerprint density at radius 2 is 1.56 bits per heavy atom. The lowest BCUT2D eigenvalue weighted by Crippen LogP contribution is -2.28. The number of esters is 1. The number of aromatic hydroxyl groups is 1. The van der Waals surface area contributed by atoms with E-state index < -0.39 is 47.1 Å². The predicted octanol–water partition coefficient (Wildman–Crippen LogP) is 6.35. The van der Waals surface area contributed by atoms with Gasteiger partial charge in [-0.15, -0.1) is 0 Å². The first-order chi connectivity index (χ1) is 17.0. The van der Waals surface area contributed by atoms with Gasteiger partial charge in [-0.1, -0.05) is 42.3 Å². The van der Waals surface area contributed by atoms with E-state index in [9.17, 15) is 23.5 Å². The molecule has 2 atom stereocenters. The van der Waals surface area contributed by atoms with Crippen molar-refractivity contribution in [1.82, 2.24) is 4.98 Å². The average molecular weight is 538 g/mol. The number of halogens is 4. The van der Waals surface area contributed by atoms with Crippen LogP contribution in [0.1, 0.15) is 47.8 Å². The van der Waals surface area contributed by atoms with Crippen molar-refractivity contribution in [2.24, 2.45) is 5.92 Å². The number of carbonyl (C=O) groups is 2. The Morgan fingerprint density at radius 3 is 2.06 bits per heavy atom. The number of carbonyl (C=O) groups excluding carboxylic acids is 2. The normalized spacial score (nSPS) is 12.8. The molecule has 0 unspecified atom stereocenters. The van der Waals surface area contributed by atoms with Crippen LogP contribution in [0.2, 0.25) is 10.0 Å². The predicted molar refractivity (Wildman–Crippen MR) is 131 cm³/mol. The highest BCUT2D eigenvalue weighted by Gasteiger charge is 2.29. The highest BCUT2D eigenvalue weighted by molar-refractivity contribution is 6.31. The summed E-state index contributed by atoms with van der Waals surface area (Å²) in [7, 11) is 1.34. The molecule has 0 spiro atoms. The molecule has 0 radical (unpaired) electrons. The van der Waals surface area contributed by atoms with Gasteiger partial charge in [0.05, 0.1) is 23.1 Å². The highest BCUT2D eigenvalue weighted by atomic mass is 35.5. The Morgan fingerprint density at radius 1 is 1.00 bits per heavy atom. The Balaban J connectivity index is 1.82. The number of rotatable bonds is 9. The van der Waals surface area contributed by atoms with E-state index in [2.05, 4.69) is 4.98 Å². The summed E-state index contributed by atoms with van der Waals surface area (Å²) in [5.74, 6) is -4.40. The van der Waals surface area contributed by atoms with E-state index in [4.69, 9.17) is 32.7 Å². The third-order valence-electron chi connectivity index (χ3n) is 5.64. The van der Waals surface area contributed by atoms with Crippen molar-refractivity contribution >= 4 is 35.0 Å². The Bertz CT molecular complexity index is 1240. The largest absolute Gasteiger partial charge is 0.503 e. The molecule has 6 nitrogen and oxygen atoms in total. The molecule has 0 aliphatic rings. The van der Waals surface area contributed by atoms with Gasteiger partial charge in [-0.05, 0) is 42.3 Å². The Labute approximate surface area is 216 Å². The molecule has 3 aromatic rings. The van der Waals surface area contributed by atoms with Gasteiger partial charge in [0.15, 0.2) is 23.0 Å². The minimum absolute atomic E-state index is 0.0796. The van der Waals surface area contributed by atoms with E-state index >= 15 is 0 Å². The lowest BCUT2D eigenvalue weighted by molar-refractivity contribution is -0.153. The summed E-state index contributed by atoms with van der Waals surface area (Å²) in [6.07, 6.45) is 0.194. The lowest BCUT2D eigenvalue weighted by atomic mass is 9.87. The number of benzene rings is 2. The second-order valence-corrected chi connectivity index (χ2v) is 9.02. The van der Waals surface area contributed by atoms with Crippen LogP contribution in [0.15, 0.2) is 48.7 Å². The maximum atomic E-state index is 13.8. The van der Waals surface area contributed by atoms with Crippen molar-refractivity contribution < 1.29 is 33.0 Å². The van der Waals surface area contributed by atoms with Crippen LogP contribution in [-0.4, -0.2) is 35.1 Å². The number of hydrogen-bond donors (Lipinski definition) is 1. The van der Waals surface area contributed by atoms with Crippen molar-refractivity contribution in [2.45, 2.75) is 32.3 Å². The number of ether oxygens (including phenoxy) is 2. The summed E-state index contributed by atoms with van der Waals surface area (Å²) in [5, 5.41) is 9.90. The third-order valence-corrected chi connectivity index (χ3v) is 6.22. The first-order valence-corrected chi connectivity index (χ1v) is 11.6. The Hall–Kier alpha value is -3.23. The van der Waals surface area contributed by atoms with Crippen molar-refractivity contribution in [2.75, 3.05) is 7.11 Å². The van der Waals surface area contributed by atoms with E-state index in [-0.39, 0.29) is 27.9 Å². The molecular formula is C26H23Cl2F2NO5. The molecule has 10 heteroatoms. The molecule has 0 saturated carbocycles. The molecule has 2 aromatic carbocycles. The SMILES string of the molecule is COc1ccnc(C(=O)C[C@@H](C)C(=O)O[C@@H](C)C(c2ccc(F)c(Cl)c2)c2ccc(F)c(Cl)c2)c1O. The number of aromatic nitrogens is 1. The van der Waals surface area contributed by atoms with Gasteiger partial charge >= 0.3 is 5.97 Å². The summed E-state index contributed by atoms with van der Waals surface area (Å²) in [6.45, 7) is 3.11. The first-order valence-electron chi connectivity index (χ1n) is 10.9. The molecule has 1 aromatic heterocycles. The fourth-order valence-corrected chi connectivity index (χ4v) is 4.15. The fraction of sp³-hybridized carbons (Fsp3) is 0.269. The van der Waals surface area contributed by atoms with E-state index in [0.29, 0.717) is 11.1 Å². The Kier molecular flexibility index (Phi) is 8.87. The molecular weight excluding hydrogens is 515 g/mol. The van der Waals surface area contributed by atoms with Gasteiger partial charge in [0, 0.05) is 24.6 Å². The second kappa shape index (κ2) is 11.7. The van der Waals surface area contributed by atoms with Crippen LogP contribution in [-0.2, 0) is 9.53 Å². The molecule has 3 rings (SSSR count). The van der Waals surface area contributed by atoms with E-state index in [1.807, 2.05) is 0 Å². The van der Waals surface area contributed by atoms with Gasteiger partial charge in [-0.2, -0.15) is 0 Å². The van der Waals surface area contributed by atoms with Gasteiger partial charge in [-0.25, -0.2) is 13.8 Å². The third kappa shape index (κ3) is 6.12. The van der Waals surface area contributed by atoms with Crippen LogP contribution in [0, 0.1) is 17.6 Å². The van der Waals surface area contributed by atoms with Crippen molar-refractivity contribution in [3.63, 3.8) is 0 Å². The van der Waals surface area contributed by atoms with Gasteiger partial charge in [0.2, 0.25) is 0 Å². The minimum Gasteiger partial charge on any atom is -0.503 e. The van der Waals surface area contributed by atoms with Crippen LogP contribution < -0.4 is 4.74 Å². The number of methoxy groups -OCH3 is 1. The molecule has 0 aliphatic carbocycles. The molecule has 190 valence electrons. The summed E-state index contributed by atoms with van der Waals surface area (Å²) in [5.41, 5.74) is 0.805. The topological polar surface area (TPSA) is 85.7 Å². The minimum atomic E-state index is -0.887. The molecule has 0 fully saturated rings. The summed E-state index contributed by atoms with van der Waals surface area (Å²) in [4.78, 5) is 29.4. The average Bonchev–Trinajstić information content (AvgIpc) is 2.83. The molecule has 0 amide bonds. The lowest BCUT2D eigenvalue weighted by Gasteiger charge is -2.26. The van der Waals surface area contributed by atoms with E-state index in [1.54, 1.807) is 6.92 Å². The van der Waals surface area contributed by atoms with E-state index in [0.717, 1.165) is 0 Å². The van der Waals surface area contributed by atoms with Crippen LogP contribution in [0.4, 0.5) is 8.78 Å². The summed E-state index contributed by atoms with van der Waals surface area (Å²) >= 11 is 11.9. The molecule has 1 heterocycles. The van der Waals surface area contributed by atoms with Crippen molar-refractivity contribution in [3.8, 4) is 11.5 Å². The maximum Gasteiger partial charge on any atom is 0.309 e. The molecule has 0 aliphatic heterocycles. The van der Waals surface area contributed by atoms with Crippen LogP contribution in [0.5, 0.6) is 11.5 Å². The zero-order chi connectivity index (χ0) is 26.6. The molecule has 1 N–H and O–H groups in total. The van der Waals surface area contributed by atoms with Gasteiger partial charge in [0.25, 0.3) is 0 Å². The number of ketones is 1. The molecule has 36 heavy (non-hydrogen) atoms. The van der Waals surface area contributed by atoms with Crippen molar-refractivity contribution in [1.29, 1.82) is 0 Å². The number of nitrogens with zero attached hydrogens (tertiary/aromatic N) is 1. The van der Waals surface area contributed by atoms with Gasteiger partial charge in [-0.3, -0.25) is 9.59 Å². The number of hydrogen-bond acceptors (Lipinski definition) is 6. The highest BCUT2D eigenvalue weighted by Crippen LogP contribution is 2.35. The number of Topliss-reactive ketones (excluding diaryl/α,β-unsaturated/α-hetero) is 1. The molecule has 0 saturated heterocycles. The van der Waals surface area contributed by atoms with E-state index in [1.165, 1.54) is 62.7 Å². The number of pyridine rings is 1. The first kappa shape index (κ1) is 27.4. The van der Waals surface area contributed by atoms with Gasteiger partial charge < -0.3 is 14.6 Å². The quantitative estimate of drug-likeness (QED) is 0.252. The second-order valence-electron chi connectivity index (χ2n) is 8.21. The fourth-order valence-electron chi connectivity index (χ4n) is 3.78. The standard InChI is InChI=1S/C26H23Cl2F2NO5/c1-13(10-21(32)24-25(33)22(35-3)8-9-31-24)26(34)36-14(2)23(15-4-6-19(29)17(27)11-15)16-5-7-20(30)18(28)12-16/h4-9,11-14,23,33H,10H2,1-3H3/t13-,14+/m1/s1. The van der Waals surface area contributed by atoms with Crippen LogP contribution >= 0.6 is 23.2 Å². The van der Waals surface area contributed by atoms with Crippen molar-refractivity contribution in [3.05, 3.63) is 87.2 Å². The maximum absolute atomic E-state index is 13.8. The van der Waals surface area contributed by atoms with Crippen LogP contribution in [0.3, 0.4) is 0 Å². The van der Waals surface area contributed by atoms with Gasteiger partial charge in [0.1, 0.15) is 17.7 Å². The van der Waals surface area contributed by atoms with Crippen LogP contribution in [0.25, 0.3) is 0 Å². The summed E-state index contributed by atoms with van der Waals surface area (Å²) < 4.78 is 38.2. The molecule has 0 bridgehead atoms. The monoisotopic (exact) mass is 537 g/mol. The smallest absolute Gasteiger partial charge is 0.309 e.